The van der Waals surface area contributed by atoms with Crippen LogP contribution >= 0.6 is 11.8 Å². The third-order valence-corrected chi connectivity index (χ3v) is 6.75. The fraction of sp³-hybridized carbons (Fsp3) is 0.720. The molecule has 0 aromatic carbocycles. The number of unbranched alkanes of at least 4 members (excludes halogenated alkanes) is 1. The van der Waals surface area contributed by atoms with E-state index in [1.54, 1.807) is 13.8 Å². The van der Waals surface area contributed by atoms with Crippen molar-refractivity contribution in [2.75, 3.05) is 18.6 Å². The zero-order valence-corrected chi connectivity index (χ0v) is 25.0. The minimum atomic E-state index is -1.80. The van der Waals surface area contributed by atoms with Crippen LogP contribution < -0.4 is 38.5 Å². The lowest BCUT2D eigenvalue weighted by Crippen LogP contribution is -2.59. The van der Waals surface area contributed by atoms with Gasteiger partial charge in [0, 0.05) is 6.42 Å². The maximum absolute atomic E-state index is 13.3. The number of rotatable bonds is 22. The van der Waals surface area contributed by atoms with Crippen molar-refractivity contribution < 1.29 is 43.8 Å². The van der Waals surface area contributed by atoms with E-state index < -0.39 is 78.1 Å². The molecule has 240 valence electrons. The predicted molar refractivity (Wildman–Crippen MR) is 155 cm³/mol. The average molecular weight is 620 g/mol. The number of thioether (sulfide) groups is 1. The summed E-state index contributed by atoms with van der Waals surface area (Å²) in [6.45, 7) is 3.70. The highest BCUT2D eigenvalue weighted by Crippen LogP contribution is 2.09. The van der Waals surface area contributed by atoms with Crippen molar-refractivity contribution in [1.29, 1.82) is 0 Å². The maximum Gasteiger partial charge on any atom is 0.326 e. The molecule has 0 rings (SSSR count). The molecule has 0 radical (unpaired) electrons. The second-order valence-electron chi connectivity index (χ2n) is 10.0. The number of primary amides is 1. The van der Waals surface area contributed by atoms with Gasteiger partial charge in [0.05, 0.1) is 12.5 Å². The van der Waals surface area contributed by atoms with Crippen molar-refractivity contribution in [2.45, 2.75) is 89.0 Å². The number of aliphatic carboxylic acids is 2. The largest absolute Gasteiger partial charge is 0.481 e. The molecule has 0 unspecified atom stereocenters. The topological polar surface area (TPSA) is 286 Å². The van der Waals surface area contributed by atoms with Crippen LogP contribution in [0.25, 0.3) is 0 Å². The van der Waals surface area contributed by atoms with E-state index in [1.807, 2.05) is 11.6 Å². The summed E-state index contributed by atoms with van der Waals surface area (Å²) in [6.07, 6.45) is 1.66. The van der Waals surface area contributed by atoms with Crippen LogP contribution in [0.3, 0.4) is 0 Å². The normalized spacial score (nSPS) is 14.5. The van der Waals surface area contributed by atoms with Crippen LogP contribution in [0, 0.1) is 5.92 Å². The highest BCUT2D eigenvalue weighted by molar-refractivity contribution is 7.98. The second-order valence-corrected chi connectivity index (χ2v) is 11.0. The van der Waals surface area contributed by atoms with Gasteiger partial charge in [-0.3, -0.25) is 28.8 Å². The molecule has 0 spiro atoms. The van der Waals surface area contributed by atoms with Gasteiger partial charge in [-0.1, -0.05) is 13.8 Å². The minimum Gasteiger partial charge on any atom is -0.481 e. The Hall–Kier alpha value is -3.44. The van der Waals surface area contributed by atoms with E-state index in [0.717, 1.165) is 0 Å². The monoisotopic (exact) mass is 619 g/mol. The van der Waals surface area contributed by atoms with Crippen molar-refractivity contribution in [3.8, 4) is 0 Å². The van der Waals surface area contributed by atoms with Crippen molar-refractivity contribution in [3.63, 3.8) is 0 Å². The number of hydrogen-bond donors (Lipinski definition) is 9. The summed E-state index contributed by atoms with van der Waals surface area (Å²) in [5, 5.41) is 27.9. The molecule has 16 nitrogen and oxygen atoms in total. The van der Waals surface area contributed by atoms with E-state index in [4.69, 9.17) is 22.3 Å². The summed E-state index contributed by atoms with van der Waals surface area (Å²) < 4.78 is 0. The number of hydrogen-bond acceptors (Lipinski definition) is 10. The van der Waals surface area contributed by atoms with Gasteiger partial charge in [0.2, 0.25) is 29.5 Å². The van der Waals surface area contributed by atoms with Gasteiger partial charge in [0.25, 0.3) is 0 Å². The number of carboxylic acids is 2. The third-order valence-electron chi connectivity index (χ3n) is 6.10. The van der Waals surface area contributed by atoms with E-state index in [9.17, 15) is 38.7 Å². The Morgan fingerprint density at radius 2 is 1.31 bits per heavy atom. The highest BCUT2D eigenvalue weighted by Gasteiger charge is 2.33. The summed E-state index contributed by atoms with van der Waals surface area (Å²) in [5.74, 6) is -6.74. The molecule has 0 aliphatic rings. The van der Waals surface area contributed by atoms with Crippen molar-refractivity contribution >= 4 is 53.2 Å². The van der Waals surface area contributed by atoms with E-state index in [2.05, 4.69) is 16.0 Å². The van der Waals surface area contributed by atoms with Gasteiger partial charge >= 0.3 is 11.9 Å². The third kappa shape index (κ3) is 15.5. The van der Waals surface area contributed by atoms with Crippen LogP contribution in [0.5, 0.6) is 0 Å². The van der Waals surface area contributed by atoms with Crippen molar-refractivity contribution in [1.82, 2.24) is 21.3 Å². The standard InChI is InChI=1S/C25H45N7O9S/c1-13(2)20(32-21(36)14(27)9-11-42-3)24(39)30-15(6-4-5-10-26)22(37)29-16(7-8-18(28)33)23(38)31-17(25(40)41)12-19(34)35/h13-17,20H,4-12,26-27H2,1-3H3,(H2,28,33)(H,29,37)(H,30,39)(H,31,38)(H,32,36)(H,34,35)(H,40,41)/t14-,15-,16-,17-,20-/m0/s1. The first-order valence-corrected chi connectivity index (χ1v) is 14.9. The highest BCUT2D eigenvalue weighted by atomic mass is 32.2. The quantitative estimate of drug-likeness (QED) is 0.0574. The van der Waals surface area contributed by atoms with Gasteiger partial charge in [-0.25, -0.2) is 4.79 Å². The minimum absolute atomic E-state index is 0.0989. The van der Waals surface area contributed by atoms with Crippen LogP contribution in [0.2, 0.25) is 0 Å². The molecular weight excluding hydrogens is 574 g/mol. The molecule has 0 fully saturated rings. The molecule has 0 aromatic heterocycles. The lowest BCUT2D eigenvalue weighted by atomic mass is 10.0. The summed E-state index contributed by atoms with van der Waals surface area (Å²) in [7, 11) is 0. The van der Waals surface area contributed by atoms with Gasteiger partial charge < -0.3 is 48.7 Å². The summed E-state index contributed by atoms with van der Waals surface area (Å²) in [6, 6.07) is -6.37. The lowest BCUT2D eigenvalue weighted by Gasteiger charge is -2.27. The molecule has 5 amide bonds. The zero-order chi connectivity index (χ0) is 32.4. The SMILES string of the molecule is CSCC[C@H](N)C(=O)N[C@H](C(=O)N[C@@H](CCCCN)C(=O)N[C@@H](CCC(N)=O)C(=O)N[C@@H](CC(=O)O)C(=O)O)C(C)C. The Morgan fingerprint density at radius 1 is 0.762 bits per heavy atom. The Balaban J connectivity index is 5.88. The van der Waals surface area contributed by atoms with Gasteiger partial charge in [-0.15, -0.1) is 0 Å². The molecule has 5 atom stereocenters. The Bertz CT molecular complexity index is 951. The average Bonchev–Trinajstić information content (AvgIpc) is 2.90. The molecule has 0 saturated heterocycles. The molecule has 42 heavy (non-hydrogen) atoms. The summed E-state index contributed by atoms with van der Waals surface area (Å²) >= 11 is 1.52. The zero-order valence-electron chi connectivity index (χ0n) is 24.2. The van der Waals surface area contributed by atoms with E-state index >= 15 is 0 Å². The van der Waals surface area contributed by atoms with E-state index in [1.165, 1.54) is 11.8 Å². The molecule has 0 bridgehead atoms. The first kappa shape index (κ1) is 38.6. The fourth-order valence-electron chi connectivity index (χ4n) is 3.67. The van der Waals surface area contributed by atoms with Crippen LogP contribution in [-0.2, 0) is 33.6 Å². The second kappa shape index (κ2) is 20.4. The van der Waals surface area contributed by atoms with Gasteiger partial charge in [-0.05, 0) is 56.6 Å². The van der Waals surface area contributed by atoms with E-state index in [-0.39, 0.29) is 25.2 Å². The number of nitrogens with one attached hydrogen (secondary N) is 4. The number of nitrogens with two attached hydrogens (primary N) is 3. The van der Waals surface area contributed by atoms with Crippen LogP contribution in [0.1, 0.15) is 58.8 Å². The summed E-state index contributed by atoms with van der Waals surface area (Å²) in [4.78, 5) is 85.7. The van der Waals surface area contributed by atoms with Crippen LogP contribution in [-0.4, -0.2) is 100 Å². The Morgan fingerprint density at radius 3 is 1.79 bits per heavy atom. The first-order chi connectivity index (χ1) is 19.6. The molecule has 0 heterocycles. The molecular formula is C25H45N7O9S. The van der Waals surface area contributed by atoms with E-state index in [0.29, 0.717) is 31.6 Å². The molecule has 0 aliphatic carbocycles. The first-order valence-electron chi connectivity index (χ1n) is 13.5. The van der Waals surface area contributed by atoms with Gasteiger partial charge in [0.1, 0.15) is 24.2 Å². The van der Waals surface area contributed by atoms with Crippen LogP contribution in [0.4, 0.5) is 0 Å². The Kier molecular flexibility index (Phi) is 18.8. The number of carbonyl (C=O) groups is 7. The predicted octanol–water partition coefficient (Wildman–Crippen LogP) is -2.38. The van der Waals surface area contributed by atoms with Gasteiger partial charge in [-0.2, -0.15) is 11.8 Å². The van der Waals surface area contributed by atoms with Crippen molar-refractivity contribution in [3.05, 3.63) is 0 Å². The maximum atomic E-state index is 13.3. The van der Waals surface area contributed by atoms with Gasteiger partial charge in [0.15, 0.2) is 0 Å². The number of carboxylic acid groups (broad SMARTS) is 2. The number of amides is 5. The van der Waals surface area contributed by atoms with Crippen molar-refractivity contribution in [2.24, 2.45) is 23.1 Å². The Labute approximate surface area is 249 Å². The lowest BCUT2D eigenvalue weighted by molar-refractivity contribution is -0.147. The van der Waals surface area contributed by atoms with Crippen LogP contribution in [0.15, 0.2) is 0 Å². The smallest absolute Gasteiger partial charge is 0.326 e. The summed E-state index contributed by atoms with van der Waals surface area (Å²) in [5.41, 5.74) is 16.7. The number of carbonyl (C=O) groups excluding carboxylic acids is 5. The molecule has 17 heteroatoms. The molecule has 12 N–H and O–H groups in total. The molecule has 0 aromatic rings. The fourth-order valence-corrected chi connectivity index (χ4v) is 4.16. The molecule has 0 saturated carbocycles. The molecule has 0 aliphatic heterocycles.